The summed E-state index contributed by atoms with van der Waals surface area (Å²) in [6.07, 6.45) is 0.881. The number of carbonyl (C=O) groups excluding carboxylic acids is 1. The summed E-state index contributed by atoms with van der Waals surface area (Å²) < 4.78 is 5.75. The number of rotatable bonds is 3. The third-order valence-corrected chi connectivity index (χ3v) is 2.98. The molecule has 0 saturated heterocycles. The molecule has 0 atom stereocenters. The van der Waals surface area contributed by atoms with E-state index in [2.05, 4.69) is 34.8 Å². The van der Waals surface area contributed by atoms with Gasteiger partial charge in [0, 0.05) is 6.92 Å². The monoisotopic (exact) mass is 277 g/mol. The Kier molecular flexibility index (Phi) is 4.07. The maximum atomic E-state index is 10.8. The number of aromatic nitrogens is 1. The minimum atomic E-state index is -0.326. The van der Waals surface area contributed by atoms with E-state index in [1.807, 2.05) is 0 Å². The van der Waals surface area contributed by atoms with Crippen molar-refractivity contribution in [1.82, 2.24) is 4.98 Å². The minimum Gasteiger partial charge on any atom is -0.406 e. The van der Waals surface area contributed by atoms with Gasteiger partial charge in [0.05, 0.1) is 4.88 Å². The molecule has 0 unspecified atom stereocenters. The van der Waals surface area contributed by atoms with Crippen molar-refractivity contribution in [3.63, 3.8) is 0 Å². The van der Waals surface area contributed by atoms with Crippen LogP contribution in [0.2, 0.25) is 0 Å². The van der Waals surface area contributed by atoms with Crippen molar-refractivity contribution in [3.05, 3.63) is 8.79 Å². The summed E-state index contributed by atoms with van der Waals surface area (Å²) in [5, 5.41) is 0. The van der Waals surface area contributed by atoms with Crippen molar-refractivity contribution in [2.24, 2.45) is 5.92 Å². The SMILES string of the molecule is CC(=O)Oc1nc(Br)sc1CC(C)C. The van der Waals surface area contributed by atoms with Crippen molar-refractivity contribution in [3.8, 4) is 5.88 Å². The number of hydrogen-bond donors (Lipinski definition) is 0. The van der Waals surface area contributed by atoms with Crippen molar-refractivity contribution in [2.75, 3.05) is 0 Å². The van der Waals surface area contributed by atoms with Gasteiger partial charge < -0.3 is 4.74 Å². The summed E-state index contributed by atoms with van der Waals surface area (Å²) in [4.78, 5) is 15.9. The highest BCUT2D eigenvalue weighted by Gasteiger charge is 2.14. The van der Waals surface area contributed by atoms with Gasteiger partial charge in [0.2, 0.25) is 5.88 Å². The molecule has 0 aliphatic carbocycles. The lowest BCUT2D eigenvalue weighted by Gasteiger charge is -2.03. The third kappa shape index (κ3) is 3.38. The predicted octanol–water partition coefficient (Wildman–Crippen LogP) is 3.03. The van der Waals surface area contributed by atoms with Crippen LogP contribution in [0.5, 0.6) is 5.88 Å². The topological polar surface area (TPSA) is 39.2 Å². The molecule has 0 aliphatic rings. The fourth-order valence-corrected chi connectivity index (χ4v) is 2.70. The molecule has 0 amide bonds. The number of hydrogen-bond acceptors (Lipinski definition) is 4. The number of esters is 1. The summed E-state index contributed by atoms with van der Waals surface area (Å²) >= 11 is 4.79. The molecule has 1 aromatic rings. The molecule has 0 spiro atoms. The van der Waals surface area contributed by atoms with Gasteiger partial charge in [-0.2, -0.15) is 4.98 Å². The molecule has 0 saturated carbocycles. The molecule has 3 nitrogen and oxygen atoms in total. The van der Waals surface area contributed by atoms with Crippen LogP contribution >= 0.6 is 27.3 Å². The molecule has 14 heavy (non-hydrogen) atoms. The van der Waals surface area contributed by atoms with Crippen LogP contribution in [0.15, 0.2) is 3.92 Å². The average Bonchev–Trinajstić information content (AvgIpc) is 2.28. The van der Waals surface area contributed by atoms with Crippen LogP contribution in [0.25, 0.3) is 0 Å². The molecule has 5 heteroatoms. The van der Waals surface area contributed by atoms with Gasteiger partial charge in [0.1, 0.15) is 0 Å². The molecule has 1 aromatic heterocycles. The Bertz CT molecular complexity index is 336. The lowest BCUT2D eigenvalue weighted by atomic mass is 10.1. The summed E-state index contributed by atoms with van der Waals surface area (Å²) in [5.74, 6) is 0.646. The number of ether oxygens (including phenoxy) is 1. The molecule has 0 fully saturated rings. The number of halogens is 1. The minimum absolute atomic E-state index is 0.326. The van der Waals surface area contributed by atoms with Crippen LogP contribution < -0.4 is 4.74 Å². The van der Waals surface area contributed by atoms with E-state index in [0.717, 1.165) is 15.2 Å². The highest BCUT2D eigenvalue weighted by molar-refractivity contribution is 9.11. The molecule has 0 aliphatic heterocycles. The van der Waals surface area contributed by atoms with E-state index in [4.69, 9.17) is 4.74 Å². The Balaban J connectivity index is 2.85. The van der Waals surface area contributed by atoms with Crippen molar-refractivity contribution in [1.29, 1.82) is 0 Å². The van der Waals surface area contributed by atoms with Crippen LogP contribution in [0, 0.1) is 5.92 Å². The van der Waals surface area contributed by atoms with Gasteiger partial charge in [-0.25, -0.2) is 0 Å². The van der Waals surface area contributed by atoms with E-state index in [-0.39, 0.29) is 5.97 Å². The van der Waals surface area contributed by atoms with Gasteiger partial charge in [0.25, 0.3) is 0 Å². The average molecular weight is 278 g/mol. The van der Waals surface area contributed by atoms with E-state index in [1.54, 1.807) is 0 Å². The Morgan fingerprint density at radius 3 is 2.79 bits per heavy atom. The van der Waals surface area contributed by atoms with Crippen LogP contribution in [0.4, 0.5) is 0 Å². The number of thiazole rings is 1. The lowest BCUT2D eigenvalue weighted by molar-refractivity contribution is -0.132. The first-order chi connectivity index (χ1) is 6.49. The molecule has 0 radical (unpaired) electrons. The molecular weight excluding hydrogens is 266 g/mol. The van der Waals surface area contributed by atoms with E-state index < -0.39 is 0 Å². The van der Waals surface area contributed by atoms with Gasteiger partial charge >= 0.3 is 5.97 Å². The van der Waals surface area contributed by atoms with Crippen molar-refractivity contribution >= 4 is 33.2 Å². The summed E-state index contributed by atoms with van der Waals surface area (Å²) in [6, 6.07) is 0. The second-order valence-electron chi connectivity index (χ2n) is 3.39. The zero-order valence-electron chi connectivity index (χ0n) is 8.33. The van der Waals surface area contributed by atoms with Gasteiger partial charge in [-0.1, -0.05) is 13.8 Å². The molecule has 0 N–H and O–H groups in total. The maximum absolute atomic E-state index is 10.8. The van der Waals surface area contributed by atoms with E-state index in [0.29, 0.717) is 11.8 Å². The zero-order chi connectivity index (χ0) is 10.7. The van der Waals surface area contributed by atoms with Gasteiger partial charge in [-0.15, -0.1) is 11.3 Å². The van der Waals surface area contributed by atoms with E-state index >= 15 is 0 Å². The fourth-order valence-electron chi connectivity index (χ4n) is 1.03. The highest BCUT2D eigenvalue weighted by Crippen LogP contribution is 2.31. The predicted molar refractivity (Wildman–Crippen MR) is 59.7 cm³/mol. The van der Waals surface area contributed by atoms with Crippen molar-refractivity contribution in [2.45, 2.75) is 27.2 Å². The zero-order valence-corrected chi connectivity index (χ0v) is 10.7. The van der Waals surface area contributed by atoms with Gasteiger partial charge in [0.15, 0.2) is 3.92 Å². The second-order valence-corrected chi connectivity index (χ2v) is 5.75. The van der Waals surface area contributed by atoms with E-state index in [1.165, 1.54) is 18.3 Å². The first-order valence-corrected chi connectivity index (χ1v) is 5.93. The lowest BCUT2D eigenvalue weighted by Crippen LogP contribution is -2.04. The summed E-state index contributed by atoms with van der Waals surface area (Å²) in [7, 11) is 0. The Morgan fingerprint density at radius 1 is 1.64 bits per heavy atom. The first kappa shape index (κ1) is 11.7. The van der Waals surface area contributed by atoms with Gasteiger partial charge in [-0.05, 0) is 28.3 Å². The third-order valence-electron chi connectivity index (χ3n) is 1.47. The highest BCUT2D eigenvalue weighted by atomic mass is 79.9. The first-order valence-electron chi connectivity index (χ1n) is 4.32. The van der Waals surface area contributed by atoms with Crippen LogP contribution in [0.3, 0.4) is 0 Å². The Morgan fingerprint density at radius 2 is 2.29 bits per heavy atom. The Labute approximate surface area is 95.6 Å². The Hall–Kier alpha value is -0.420. The van der Waals surface area contributed by atoms with Crippen LogP contribution in [-0.2, 0) is 11.2 Å². The molecule has 1 rings (SSSR count). The summed E-state index contributed by atoms with van der Waals surface area (Å²) in [5.41, 5.74) is 0. The number of carbonyl (C=O) groups is 1. The van der Waals surface area contributed by atoms with Crippen molar-refractivity contribution < 1.29 is 9.53 Å². The molecule has 1 heterocycles. The van der Waals surface area contributed by atoms with Gasteiger partial charge in [-0.3, -0.25) is 4.79 Å². The van der Waals surface area contributed by atoms with E-state index in [9.17, 15) is 4.79 Å². The summed E-state index contributed by atoms with van der Waals surface area (Å²) in [6.45, 7) is 5.61. The molecule has 78 valence electrons. The second kappa shape index (κ2) is 4.89. The largest absolute Gasteiger partial charge is 0.406 e. The number of nitrogens with zero attached hydrogens (tertiary/aromatic N) is 1. The maximum Gasteiger partial charge on any atom is 0.309 e. The fraction of sp³-hybridized carbons (Fsp3) is 0.556. The van der Waals surface area contributed by atoms with Crippen LogP contribution in [0.1, 0.15) is 25.6 Å². The standard InChI is InChI=1S/C9H12BrNO2S/c1-5(2)4-7-8(13-6(3)12)11-9(10)14-7/h5H,4H2,1-3H3. The molecule has 0 aromatic carbocycles. The van der Waals surface area contributed by atoms with Crippen LogP contribution in [-0.4, -0.2) is 11.0 Å². The molecular formula is C9H12BrNO2S. The normalized spacial score (nSPS) is 10.6. The molecule has 0 bridgehead atoms. The smallest absolute Gasteiger partial charge is 0.309 e. The quantitative estimate of drug-likeness (QED) is 0.798.